The van der Waals surface area contributed by atoms with Gasteiger partial charge in [0.25, 0.3) is 0 Å². The Hall–Kier alpha value is -2.23. The van der Waals surface area contributed by atoms with Crippen molar-refractivity contribution in [1.82, 2.24) is 9.97 Å². The molecule has 1 unspecified atom stereocenters. The van der Waals surface area contributed by atoms with Gasteiger partial charge in [-0.05, 0) is 43.9 Å². The fourth-order valence-electron chi connectivity index (χ4n) is 2.06. The summed E-state index contributed by atoms with van der Waals surface area (Å²) >= 11 is 0. The first kappa shape index (κ1) is 16.1. The predicted molar refractivity (Wildman–Crippen MR) is 88.7 cm³/mol. The molecule has 22 heavy (non-hydrogen) atoms. The average Bonchev–Trinajstić information content (AvgIpc) is 2.52. The zero-order chi connectivity index (χ0) is 15.8. The molecule has 0 amide bonds. The highest BCUT2D eigenvalue weighted by atomic mass is 19.1. The van der Waals surface area contributed by atoms with Gasteiger partial charge in [-0.1, -0.05) is 30.9 Å². The van der Waals surface area contributed by atoms with E-state index in [0.29, 0.717) is 18.9 Å². The lowest BCUT2D eigenvalue weighted by Crippen LogP contribution is -1.96. The zero-order valence-electron chi connectivity index (χ0n) is 12.8. The van der Waals surface area contributed by atoms with Crippen molar-refractivity contribution >= 4 is 17.1 Å². The van der Waals surface area contributed by atoms with Gasteiger partial charge in [0.2, 0.25) is 5.88 Å². The second-order valence-corrected chi connectivity index (χ2v) is 5.17. The number of fused-ring (bicyclic) bond motifs is 1. The SMILES string of the molecule is C=CCOc1cnc2cc(/C=C/CCCC(C)F)ccc2n1. The van der Waals surface area contributed by atoms with E-state index < -0.39 is 6.17 Å². The number of hydrogen-bond donors (Lipinski definition) is 0. The number of unbranched alkanes of at least 4 members (excludes halogenated alkanes) is 1. The van der Waals surface area contributed by atoms with E-state index in [4.69, 9.17) is 4.74 Å². The molecule has 3 nitrogen and oxygen atoms in total. The highest BCUT2D eigenvalue weighted by Crippen LogP contribution is 2.17. The van der Waals surface area contributed by atoms with Crippen LogP contribution in [0.3, 0.4) is 0 Å². The molecule has 1 heterocycles. The van der Waals surface area contributed by atoms with E-state index in [0.717, 1.165) is 29.4 Å². The molecule has 0 aliphatic carbocycles. The average molecular weight is 300 g/mol. The number of halogens is 1. The lowest BCUT2D eigenvalue weighted by Gasteiger charge is -2.03. The van der Waals surface area contributed by atoms with Gasteiger partial charge >= 0.3 is 0 Å². The summed E-state index contributed by atoms with van der Waals surface area (Å²) in [5, 5.41) is 0. The molecular formula is C18H21FN2O. The van der Waals surface area contributed by atoms with Crippen LogP contribution in [0.15, 0.2) is 43.1 Å². The molecule has 0 aliphatic rings. The predicted octanol–water partition coefficient (Wildman–Crippen LogP) is 4.74. The minimum atomic E-state index is -0.721. The summed E-state index contributed by atoms with van der Waals surface area (Å²) in [7, 11) is 0. The lowest BCUT2D eigenvalue weighted by atomic mass is 10.1. The lowest BCUT2D eigenvalue weighted by molar-refractivity contribution is 0.335. The maximum atomic E-state index is 12.7. The smallest absolute Gasteiger partial charge is 0.233 e. The first-order valence-corrected chi connectivity index (χ1v) is 7.50. The molecule has 0 N–H and O–H groups in total. The summed E-state index contributed by atoms with van der Waals surface area (Å²) < 4.78 is 18.0. The van der Waals surface area contributed by atoms with Crippen LogP contribution in [0.2, 0.25) is 0 Å². The number of ether oxygens (including phenoxy) is 1. The van der Waals surface area contributed by atoms with E-state index in [1.807, 2.05) is 24.3 Å². The third-order valence-electron chi connectivity index (χ3n) is 3.18. The maximum Gasteiger partial charge on any atom is 0.233 e. The van der Waals surface area contributed by atoms with Crippen molar-refractivity contribution in [2.24, 2.45) is 0 Å². The first-order valence-electron chi connectivity index (χ1n) is 7.50. The molecule has 0 saturated heterocycles. The second-order valence-electron chi connectivity index (χ2n) is 5.17. The van der Waals surface area contributed by atoms with Crippen LogP contribution in [0.5, 0.6) is 5.88 Å². The van der Waals surface area contributed by atoms with Crippen LogP contribution in [0.4, 0.5) is 4.39 Å². The minimum absolute atomic E-state index is 0.415. The molecule has 0 radical (unpaired) electrons. The normalized spacial score (nSPS) is 12.6. The molecule has 1 atom stereocenters. The number of benzene rings is 1. The summed E-state index contributed by atoms with van der Waals surface area (Å²) in [4.78, 5) is 8.74. The molecule has 2 rings (SSSR count). The van der Waals surface area contributed by atoms with Crippen LogP contribution in [0, 0.1) is 0 Å². The Morgan fingerprint density at radius 2 is 2.23 bits per heavy atom. The van der Waals surface area contributed by atoms with E-state index >= 15 is 0 Å². The van der Waals surface area contributed by atoms with Crippen LogP contribution >= 0.6 is 0 Å². The van der Waals surface area contributed by atoms with Gasteiger partial charge in [0.1, 0.15) is 6.61 Å². The molecule has 116 valence electrons. The van der Waals surface area contributed by atoms with Crippen molar-refractivity contribution in [3.63, 3.8) is 0 Å². The van der Waals surface area contributed by atoms with Gasteiger partial charge in [-0.25, -0.2) is 14.4 Å². The third kappa shape index (κ3) is 4.95. The summed E-state index contributed by atoms with van der Waals surface area (Å²) in [6, 6.07) is 5.89. The van der Waals surface area contributed by atoms with E-state index in [-0.39, 0.29) is 0 Å². The number of allylic oxidation sites excluding steroid dienone is 1. The van der Waals surface area contributed by atoms with Gasteiger partial charge in [0.05, 0.1) is 23.4 Å². The van der Waals surface area contributed by atoms with Crippen LogP contribution in [0.25, 0.3) is 17.1 Å². The molecule has 0 saturated carbocycles. The Labute approximate surface area is 130 Å². The Kier molecular flexibility index (Phi) is 6.07. The molecule has 0 bridgehead atoms. The summed E-state index contributed by atoms with van der Waals surface area (Å²) in [6.07, 6.45) is 9.02. The van der Waals surface area contributed by atoms with Crippen LogP contribution in [0.1, 0.15) is 31.7 Å². The number of hydrogen-bond acceptors (Lipinski definition) is 3. The van der Waals surface area contributed by atoms with Crippen molar-refractivity contribution in [2.45, 2.75) is 32.4 Å². The standard InChI is InChI=1S/C18H21FN2O/c1-3-11-22-18-13-20-17-12-15(9-10-16(17)21-18)8-6-4-5-7-14(2)19/h3,6,8-10,12-14H,1,4-5,7,11H2,2H3/b8-6+. The van der Waals surface area contributed by atoms with Crippen molar-refractivity contribution in [3.8, 4) is 5.88 Å². The molecule has 4 heteroatoms. The summed E-state index contributed by atoms with van der Waals surface area (Å²) in [5.41, 5.74) is 2.69. The Balaban J connectivity index is 2.01. The maximum absolute atomic E-state index is 12.7. The number of nitrogens with zero attached hydrogens (tertiary/aromatic N) is 2. The zero-order valence-corrected chi connectivity index (χ0v) is 12.8. The highest BCUT2D eigenvalue weighted by Gasteiger charge is 2.01. The number of aromatic nitrogens is 2. The van der Waals surface area contributed by atoms with Crippen molar-refractivity contribution in [1.29, 1.82) is 0 Å². The molecule has 1 aromatic carbocycles. The molecule has 0 fully saturated rings. The Bertz CT molecular complexity index is 653. The highest BCUT2D eigenvalue weighted by molar-refractivity contribution is 5.77. The molecule has 0 aliphatic heterocycles. The quantitative estimate of drug-likeness (QED) is 0.522. The van der Waals surface area contributed by atoms with E-state index in [1.54, 1.807) is 19.2 Å². The second kappa shape index (κ2) is 8.27. The monoisotopic (exact) mass is 300 g/mol. The van der Waals surface area contributed by atoms with Crippen molar-refractivity contribution in [2.75, 3.05) is 6.61 Å². The van der Waals surface area contributed by atoms with Crippen LogP contribution in [-0.4, -0.2) is 22.7 Å². The summed E-state index contributed by atoms with van der Waals surface area (Å²) in [6.45, 7) is 5.61. The largest absolute Gasteiger partial charge is 0.472 e. The first-order chi connectivity index (χ1) is 10.7. The van der Waals surface area contributed by atoms with Gasteiger partial charge in [-0.3, -0.25) is 0 Å². The topological polar surface area (TPSA) is 35.0 Å². The molecule has 1 aromatic heterocycles. The molecule has 2 aromatic rings. The van der Waals surface area contributed by atoms with Crippen molar-refractivity contribution < 1.29 is 9.13 Å². The third-order valence-corrected chi connectivity index (χ3v) is 3.18. The number of rotatable bonds is 8. The van der Waals surface area contributed by atoms with Crippen molar-refractivity contribution in [3.05, 3.63) is 48.7 Å². The van der Waals surface area contributed by atoms with E-state index in [1.165, 1.54) is 0 Å². The Morgan fingerprint density at radius 3 is 3.00 bits per heavy atom. The van der Waals surface area contributed by atoms with Gasteiger partial charge in [0, 0.05) is 0 Å². The van der Waals surface area contributed by atoms with E-state index in [2.05, 4.69) is 22.6 Å². The fourth-order valence-corrected chi connectivity index (χ4v) is 2.06. The minimum Gasteiger partial charge on any atom is -0.472 e. The van der Waals surface area contributed by atoms with Crippen LogP contribution in [-0.2, 0) is 0 Å². The fraction of sp³-hybridized carbons (Fsp3) is 0.333. The molecule has 0 spiro atoms. The Morgan fingerprint density at radius 1 is 1.36 bits per heavy atom. The van der Waals surface area contributed by atoms with E-state index in [9.17, 15) is 4.39 Å². The van der Waals surface area contributed by atoms with Crippen LogP contribution < -0.4 is 4.74 Å². The van der Waals surface area contributed by atoms with Gasteiger partial charge in [-0.2, -0.15) is 0 Å². The molecular weight excluding hydrogens is 279 g/mol. The van der Waals surface area contributed by atoms with Gasteiger partial charge in [-0.15, -0.1) is 0 Å². The van der Waals surface area contributed by atoms with Gasteiger partial charge < -0.3 is 4.74 Å². The van der Waals surface area contributed by atoms with Gasteiger partial charge in [0.15, 0.2) is 0 Å². The number of alkyl halides is 1. The summed E-state index contributed by atoms with van der Waals surface area (Å²) in [5.74, 6) is 0.496.